The molecule has 114 valence electrons. The molecule has 3 aromatic rings. The zero-order chi connectivity index (χ0) is 15.4. The third-order valence-electron chi connectivity index (χ3n) is 3.21. The minimum Gasteiger partial charge on any atom is -0.491 e. The fourth-order valence-corrected chi connectivity index (χ4v) is 2.98. The minimum absolute atomic E-state index is 0.251. The number of hydrogen-bond donors (Lipinski definition) is 2. The van der Waals surface area contributed by atoms with Crippen LogP contribution < -0.4 is 10.1 Å². The Balaban J connectivity index is 1.50. The highest BCUT2D eigenvalue weighted by Crippen LogP contribution is 2.25. The zero-order valence-corrected chi connectivity index (χ0v) is 13.1. The molecule has 2 aromatic carbocycles. The number of nitrogens with one attached hydrogen (secondary N) is 1. The Morgan fingerprint density at radius 2 is 2.09 bits per heavy atom. The molecule has 0 fully saturated rings. The second kappa shape index (κ2) is 6.77. The number of benzene rings is 2. The van der Waals surface area contributed by atoms with Crippen LogP contribution in [0.25, 0.3) is 10.2 Å². The average molecular weight is 314 g/mol. The van der Waals surface area contributed by atoms with Crippen LogP contribution in [0.4, 0.5) is 5.13 Å². The van der Waals surface area contributed by atoms with Gasteiger partial charge in [-0.15, -0.1) is 0 Å². The third kappa shape index (κ3) is 3.75. The molecule has 4 nitrogen and oxygen atoms in total. The lowest BCUT2D eigenvalue weighted by Crippen LogP contribution is -2.26. The van der Waals surface area contributed by atoms with E-state index >= 15 is 0 Å². The van der Waals surface area contributed by atoms with Gasteiger partial charge in [-0.2, -0.15) is 0 Å². The number of aliphatic hydroxyl groups excluding tert-OH is 1. The van der Waals surface area contributed by atoms with E-state index in [-0.39, 0.29) is 6.61 Å². The third-order valence-corrected chi connectivity index (χ3v) is 4.21. The number of fused-ring (bicyclic) bond motifs is 1. The molecule has 0 radical (unpaired) electrons. The normalized spacial score (nSPS) is 12.3. The van der Waals surface area contributed by atoms with Crippen LogP contribution in [0.1, 0.15) is 5.56 Å². The molecular weight excluding hydrogens is 296 g/mol. The Bertz CT molecular complexity index is 724. The van der Waals surface area contributed by atoms with Crippen LogP contribution in [-0.2, 0) is 0 Å². The minimum atomic E-state index is -0.590. The van der Waals surface area contributed by atoms with Gasteiger partial charge in [-0.1, -0.05) is 35.6 Å². The molecule has 0 saturated carbocycles. The first-order chi connectivity index (χ1) is 10.7. The van der Waals surface area contributed by atoms with Crippen molar-refractivity contribution < 1.29 is 9.84 Å². The van der Waals surface area contributed by atoms with Gasteiger partial charge < -0.3 is 15.2 Å². The molecule has 0 aliphatic carbocycles. The number of aromatic nitrogens is 1. The lowest BCUT2D eigenvalue weighted by atomic mass is 10.2. The first-order valence-electron chi connectivity index (χ1n) is 7.18. The standard InChI is InChI=1S/C17H18N2O2S/c1-12-5-4-6-14(9-12)21-11-13(20)10-18-17-19-15-7-2-3-8-16(15)22-17/h2-9,13,20H,10-11H2,1H3,(H,18,19). The molecule has 0 amide bonds. The van der Waals surface area contributed by atoms with Crippen molar-refractivity contribution in [3.63, 3.8) is 0 Å². The van der Waals surface area contributed by atoms with E-state index in [1.165, 1.54) is 0 Å². The van der Waals surface area contributed by atoms with Gasteiger partial charge in [-0.3, -0.25) is 0 Å². The summed E-state index contributed by atoms with van der Waals surface area (Å²) < 4.78 is 6.72. The molecule has 0 aliphatic heterocycles. The van der Waals surface area contributed by atoms with Crippen LogP contribution in [-0.4, -0.2) is 29.3 Å². The highest BCUT2D eigenvalue weighted by molar-refractivity contribution is 7.22. The Morgan fingerprint density at radius 1 is 1.23 bits per heavy atom. The van der Waals surface area contributed by atoms with Crippen LogP contribution in [0.2, 0.25) is 0 Å². The molecule has 2 N–H and O–H groups in total. The molecule has 0 saturated heterocycles. The molecule has 3 rings (SSSR count). The molecule has 0 aliphatic rings. The Hall–Kier alpha value is -2.11. The number of anilines is 1. The summed E-state index contributed by atoms with van der Waals surface area (Å²) in [7, 11) is 0. The Labute approximate surface area is 133 Å². The second-order valence-corrected chi connectivity index (χ2v) is 6.18. The van der Waals surface area contributed by atoms with Gasteiger partial charge in [-0.25, -0.2) is 4.98 Å². The van der Waals surface area contributed by atoms with Gasteiger partial charge in [-0.05, 0) is 36.8 Å². The summed E-state index contributed by atoms with van der Waals surface area (Å²) in [5.74, 6) is 0.777. The number of nitrogens with zero attached hydrogens (tertiary/aromatic N) is 1. The monoisotopic (exact) mass is 314 g/mol. The van der Waals surface area contributed by atoms with Crippen molar-refractivity contribution in [3.8, 4) is 5.75 Å². The number of para-hydroxylation sites is 1. The fourth-order valence-electron chi connectivity index (χ4n) is 2.11. The first-order valence-corrected chi connectivity index (χ1v) is 7.99. The molecule has 5 heteroatoms. The van der Waals surface area contributed by atoms with Crippen molar-refractivity contribution >= 4 is 26.7 Å². The number of thiazole rings is 1. The molecule has 1 unspecified atom stereocenters. The maximum atomic E-state index is 10.0. The van der Waals surface area contributed by atoms with E-state index in [4.69, 9.17) is 4.74 Å². The van der Waals surface area contributed by atoms with Crippen LogP contribution in [0.5, 0.6) is 5.75 Å². The van der Waals surface area contributed by atoms with Crippen molar-refractivity contribution in [1.82, 2.24) is 4.98 Å². The van der Waals surface area contributed by atoms with Crippen molar-refractivity contribution in [2.45, 2.75) is 13.0 Å². The smallest absolute Gasteiger partial charge is 0.183 e. The molecule has 1 heterocycles. The van der Waals surface area contributed by atoms with Crippen molar-refractivity contribution in [3.05, 3.63) is 54.1 Å². The number of aryl methyl sites for hydroxylation is 1. The quantitative estimate of drug-likeness (QED) is 0.731. The lowest BCUT2D eigenvalue weighted by molar-refractivity contribution is 0.117. The Kier molecular flexibility index (Phi) is 4.56. The maximum Gasteiger partial charge on any atom is 0.183 e. The molecule has 1 aromatic heterocycles. The summed E-state index contributed by atoms with van der Waals surface area (Å²) in [5, 5.41) is 14.0. The van der Waals surface area contributed by atoms with Gasteiger partial charge >= 0.3 is 0 Å². The zero-order valence-electron chi connectivity index (χ0n) is 12.3. The predicted molar refractivity (Wildman–Crippen MR) is 90.8 cm³/mol. The van der Waals surface area contributed by atoms with Gasteiger partial charge in [0.2, 0.25) is 0 Å². The van der Waals surface area contributed by atoms with Crippen molar-refractivity contribution in [1.29, 1.82) is 0 Å². The maximum absolute atomic E-state index is 10.0. The summed E-state index contributed by atoms with van der Waals surface area (Å²) >= 11 is 1.58. The van der Waals surface area contributed by atoms with Gasteiger partial charge in [0.15, 0.2) is 5.13 Å². The SMILES string of the molecule is Cc1cccc(OCC(O)CNc2nc3ccccc3s2)c1. The largest absolute Gasteiger partial charge is 0.491 e. The number of ether oxygens (including phenoxy) is 1. The van der Waals surface area contributed by atoms with E-state index in [1.54, 1.807) is 11.3 Å². The van der Waals surface area contributed by atoms with Gasteiger partial charge in [0.1, 0.15) is 18.5 Å². The summed E-state index contributed by atoms with van der Waals surface area (Å²) in [5.41, 5.74) is 2.11. The Morgan fingerprint density at radius 3 is 2.91 bits per heavy atom. The van der Waals surface area contributed by atoms with E-state index in [9.17, 15) is 5.11 Å². The summed E-state index contributed by atoms with van der Waals surface area (Å²) in [6, 6.07) is 15.8. The second-order valence-electron chi connectivity index (χ2n) is 5.15. The first kappa shape index (κ1) is 14.8. The molecule has 1 atom stereocenters. The molecular formula is C17H18N2O2S. The van der Waals surface area contributed by atoms with E-state index in [2.05, 4.69) is 10.3 Å². The average Bonchev–Trinajstić information content (AvgIpc) is 2.94. The van der Waals surface area contributed by atoms with E-state index < -0.39 is 6.10 Å². The summed E-state index contributed by atoms with van der Waals surface area (Å²) in [6.45, 7) is 2.67. The number of rotatable bonds is 6. The molecule has 0 spiro atoms. The van der Waals surface area contributed by atoms with Crippen LogP contribution in [0.15, 0.2) is 48.5 Å². The summed E-state index contributed by atoms with van der Waals surface area (Å²) in [4.78, 5) is 4.47. The van der Waals surface area contributed by atoms with Crippen LogP contribution in [0, 0.1) is 6.92 Å². The number of hydrogen-bond acceptors (Lipinski definition) is 5. The van der Waals surface area contributed by atoms with Crippen molar-refractivity contribution in [2.24, 2.45) is 0 Å². The highest BCUT2D eigenvalue weighted by atomic mass is 32.1. The topological polar surface area (TPSA) is 54.4 Å². The van der Waals surface area contributed by atoms with Gasteiger partial charge in [0.25, 0.3) is 0 Å². The number of aliphatic hydroxyl groups is 1. The van der Waals surface area contributed by atoms with Crippen LogP contribution in [0.3, 0.4) is 0 Å². The van der Waals surface area contributed by atoms with Crippen molar-refractivity contribution in [2.75, 3.05) is 18.5 Å². The highest BCUT2D eigenvalue weighted by Gasteiger charge is 2.08. The lowest BCUT2D eigenvalue weighted by Gasteiger charge is -2.13. The van der Waals surface area contributed by atoms with E-state index in [0.29, 0.717) is 6.54 Å². The van der Waals surface area contributed by atoms with E-state index in [1.807, 2.05) is 55.5 Å². The van der Waals surface area contributed by atoms with Gasteiger partial charge in [0.05, 0.1) is 10.2 Å². The van der Waals surface area contributed by atoms with Gasteiger partial charge in [0, 0.05) is 6.54 Å². The fraction of sp³-hybridized carbons (Fsp3) is 0.235. The summed E-state index contributed by atoms with van der Waals surface area (Å²) in [6.07, 6.45) is -0.590. The van der Waals surface area contributed by atoms with E-state index in [0.717, 1.165) is 26.7 Å². The molecule has 0 bridgehead atoms. The predicted octanol–water partition coefficient (Wildman–Crippen LogP) is 3.46. The van der Waals surface area contributed by atoms with Crippen LogP contribution >= 0.6 is 11.3 Å². The molecule has 22 heavy (non-hydrogen) atoms.